The molecule has 0 spiro atoms. The van der Waals surface area contributed by atoms with Crippen molar-refractivity contribution < 1.29 is 24.2 Å². The topological polar surface area (TPSA) is 124 Å². The summed E-state index contributed by atoms with van der Waals surface area (Å²) >= 11 is 0. The van der Waals surface area contributed by atoms with E-state index in [-0.39, 0.29) is 23.7 Å². The van der Waals surface area contributed by atoms with Gasteiger partial charge in [-0.3, -0.25) is 19.2 Å². The number of H-pyrrole nitrogens is 1. The maximum absolute atomic E-state index is 14.3. The first kappa shape index (κ1) is 40.3. The SMILES string of the molecule is CON(c1nc2c(ncn2C(OC(C)CO)OC(c2ccccc2)(c2ccccc2)C2(OC)C=CC=CC2)c(=O)[nH]1)C(c1ccccc1)(c1ccccc1)c1ccccc1. The number of allylic oxidation sites excluding steroid dienone is 2. The van der Waals surface area contributed by atoms with E-state index in [1.807, 2.05) is 176 Å². The van der Waals surface area contributed by atoms with Crippen LogP contribution in [0.25, 0.3) is 11.2 Å². The standard InChI is InChI=1S/C49H47N5O6/c1-36(34-55)59-46(60-49(40-28-16-7-17-29-40,41-30-18-8-19-31-41)47(57-2)32-20-9-21-33-47)53-35-50-42-43(53)51-45(52-44(42)56)54(58-3)48(37-22-10-4-11-23-37,38-24-12-5-13-25-38)39-26-14-6-15-27-39/h4-32,35-36,46,55H,33-34H2,1-3H3,(H,51,52,56). The maximum atomic E-state index is 14.3. The van der Waals surface area contributed by atoms with Crippen LogP contribution < -0.4 is 10.6 Å². The van der Waals surface area contributed by atoms with Crippen LogP contribution in [0.3, 0.4) is 0 Å². The van der Waals surface area contributed by atoms with E-state index in [0.717, 1.165) is 27.8 Å². The summed E-state index contributed by atoms with van der Waals surface area (Å²) < 4.78 is 22.3. The van der Waals surface area contributed by atoms with Gasteiger partial charge in [-0.1, -0.05) is 170 Å². The van der Waals surface area contributed by atoms with Crippen LogP contribution in [0, 0.1) is 0 Å². The molecule has 8 rings (SSSR count). The zero-order valence-corrected chi connectivity index (χ0v) is 33.7. The molecule has 7 aromatic rings. The zero-order chi connectivity index (χ0) is 41.6. The first-order valence-electron chi connectivity index (χ1n) is 19.8. The van der Waals surface area contributed by atoms with Crippen LogP contribution in [0.15, 0.2) is 187 Å². The highest BCUT2D eigenvalue weighted by molar-refractivity contribution is 5.72. The minimum absolute atomic E-state index is 0.0420. The van der Waals surface area contributed by atoms with Crippen LogP contribution in [0.2, 0.25) is 0 Å². The van der Waals surface area contributed by atoms with Crippen molar-refractivity contribution in [3.63, 3.8) is 0 Å². The third kappa shape index (κ3) is 6.96. The molecule has 1 aliphatic carbocycles. The highest BCUT2D eigenvalue weighted by Gasteiger charge is 2.56. The number of nitrogens with zero attached hydrogens (tertiary/aromatic N) is 4. The number of anilines is 1. The molecule has 0 amide bonds. The van der Waals surface area contributed by atoms with Crippen molar-refractivity contribution in [2.75, 3.05) is 25.9 Å². The second-order valence-corrected chi connectivity index (χ2v) is 14.6. The Morgan fingerprint density at radius 1 is 0.767 bits per heavy atom. The van der Waals surface area contributed by atoms with E-state index in [4.69, 9.17) is 24.0 Å². The maximum Gasteiger partial charge on any atom is 0.280 e. The number of aromatic nitrogens is 4. The molecule has 5 aromatic carbocycles. The summed E-state index contributed by atoms with van der Waals surface area (Å²) in [6.07, 6.45) is 7.82. The number of hydrogen-bond acceptors (Lipinski definition) is 9. The van der Waals surface area contributed by atoms with Crippen LogP contribution in [0.1, 0.15) is 47.6 Å². The molecule has 1 aliphatic rings. The molecule has 11 nitrogen and oxygen atoms in total. The zero-order valence-electron chi connectivity index (χ0n) is 33.7. The lowest BCUT2D eigenvalue weighted by Gasteiger charge is -2.50. The average molecular weight is 802 g/mol. The molecule has 0 fully saturated rings. The number of benzene rings is 5. The number of methoxy groups -OCH3 is 1. The number of ether oxygens (including phenoxy) is 3. The van der Waals surface area contributed by atoms with E-state index in [0.29, 0.717) is 6.42 Å². The number of nitrogens with one attached hydrogen (secondary N) is 1. The number of fused-ring (bicyclic) bond motifs is 1. The predicted octanol–water partition coefficient (Wildman–Crippen LogP) is 8.19. The van der Waals surface area contributed by atoms with E-state index in [9.17, 15) is 9.90 Å². The summed E-state index contributed by atoms with van der Waals surface area (Å²) in [6.45, 7) is 1.42. The molecule has 2 aromatic heterocycles. The summed E-state index contributed by atoms with van der Waals surface area (Å²) in [4.78, 5) is 33.4. The van der Waals surface area contributed by atoms with E-state index in [1.54, 1.807) is 30.8 Å². The molecule has 304 valence electrons. The van der Waals surface area contributed by atoms with Gasteiger partial charge < -0.3 is 19.3 Å². The van der Waals surface area contributed by atoms with Gasteiger partial charge in [0.05, 0.1) is 19.8 Å². The van der Waals surface area contributed by atoms with Gasteiger partial charge in [-0.15, -0.1) is 0 Å². The Labute approximate surface area is 348 Å². The van der Waals surface area contributed by atoms with Crippen molar-refractivity contribution in [3.05, 3.63) is 220 Å². The van der Waals surface area contributed by atoms with Crippen LogP contribution in [-0.2, 0) is 30.2 Å². The number of hydroxylamine groups is 1. The summed E-state index contributed by atoms with van der Waals surface area (Å²) in [5.41, 5.74) is 0.166. The summed E-state index contributed by atoms with van der Waals surface area (Å²) in [6, 6.07) is 49.5. The third-order valence-electron chi connectivity index (χ3n) is 11.1. The van der Waals surface area contributed by atoms with Gasteiger partial charge in [0.1, 0.15) is 17.5 Å². The second-order valence-electron chi connectivity index (χ2n) is 14.6. The van der Waals surface area contributed by atoms with Crippen molar-refractivity contribution in [1.82, 2.24) is 19.5 Å². The molecule has 3 unspecified atom stereocenters. The Kier molecular flexibility index (Phi) is 11.7. The van der Waals surface area contributed by atoms with Crippen molar-refractivity contribution in [3.8, 4) is 0 Å². The lowest BCUT2D eigenvalue weighted by Crippen LogP contribution is -2.56. The molecule has 0 bridgehead atoms. The van der Waals surface area contributed by atoms with E-state index in [2.05, 4.69) is 9.97 Å². The first-order valence-corrected chi connectivity index (χ1v) is 19.8. The van der Waals surface area contributed by atoms with Crippen LogP contribution in [-0.4, -0.2) is 57.2 Å². The van der Waals surface area contributed by atoms with Crippen molar-refractivity contribution in [1.29, 1.82) is 0 Å². The molecule has 2 N–H and O–H groups in total. The Hall–Kier alpha value is -6.47. The Bertz CT molecular complexity index is 2470. The largest absolute Gasteiger partial charge is 0.394 e. The number of hydrogen-bond donors (Lipinski definition) is 2. The second kappa shape index (κ2) is 17.4. The monoisotopic (exact) mass is 801 g/mol. The molecule has 0 radical (unpaired) electrons. The van der Waals surface area contributed by atoms with Gasteiger partial charge in [0.2, 0.25) is 12.4 Å². The van der Waals surface area contributed by atoms with Crippen LogP contribution in [0.4, 0.5) is 5.95 Å². The van der Waals surface area contributed by atoms with Gasteiger partial charge >= 0.3 is 0 Å². The average Bonchev–Trinajstić information content (AvgIpc) is 3.76. The number of aromatic amines is 1. The van der Waals surface area contributed by atoms with Crippen LogP contribution in [0.5, 0.6) is 0 Å². The minimum Gasteiger partial charge on any atom is -0.394 e. The van der Waals surface area contributed by atoms with Crippen LogP contribution >= 0.6 is 0 Å². The van der Waals surface area contributed by atoms with Gasteiger partial charge in [0.25, 0.3) is 5.56 Å². The number of aliphatic hydroxyl groups is 1. The van der Waals surface area contributed by atoms with Gasteiger partial charge in [-0.2, -0.15) is 4.98 Å². The van der Waals surface area contributed by atoms with Crippen molar-refractivity contribution in [2.45, 2.75) is 42.6 Å². The molecule has 0 aliphatic heterocycles. The van der Waals surface area contributed by atoms with E-state index in [1.165, 1.54) is 6.33 Å². The fourth-order valence-corrected chi connectivity index (χ4v) is 8.37. The fraction of sp³-hybridized carbons (Fsp3) is 0.204. The molecule has 0 saturated heterocycles. The fourth-order valence-electron chi connectivity index (χ4n) is 8.37. The van der Waals surface area contributed by atoms with Gasteiger partial charge in [0.15, 0.2) is 16.8 Å². The third-order valence-corrected chi connectivity index (χ3v) is 11.1. The lowest BCUT2D eigenvalue weighted by molar-refractivity contribution is -0.296. The molecule has 3 atom stereocenters. The van der Waals surface area contributed by atoms with Gasteiger partial charge in [0, 0.05) is 13.5 Å². The Morgan fingerprint density at radius 2 is 1.27 bits per heavy atom. The Morgan fingerprint density at radius 3 is 1.70 bits per heavy atom. The summed E-state index contributed by atoms with van der Waals surface area (Å²) in [5.74, 6) is 0.0911. The normalized spacial score (nSPS) is 16.5. The molecule has 11 heteroatoms. The number of imidazole rings is 1. The van der Waals surface area contributed by atoms with Gasteiger partial charge in [-0.25, -0.2) is 10.0 Å². The first-order chi connectivity index (χ1) is 29.4. The molecule has 60 heavy (non-hydrogen) atoms. The highest BCUT2D eigenvalue weighted by Crippen LogP contribution is 2.51. The lowest BCUT2D eigenvalue weighted by atomic mass is 9.69. The molecule has 2 heterocycles. The molecular formula is C49H47N5O6. The molecular weight excluding hydrogens is 755 g/mol. The van der Waals surface area contributed by atoms with Crippen molar-refractivity contribution in [2.24, 2.45) is 0 Å². The number of rotatable bonds is 16. The summed E-state index contributed by atoms with van der Waals surface area (Å²) in [7, 11) is 3.21. The highest BCUT2D eigenvalue weighted by atomic mass is 16.7. The minimum atomic E-state index is -1.38. The smallest absolute Gasteiger partial charge is 0.280 e. The Balaban J connectivity index is 1.38. The van der Waals surface area contributed by atoms with E-state index >= 15 is 0 Å². The summed E-state index contributed by atoms with van der Waals surface area (Å²) in [5, 5.41) is 12.1. The van der Waals surface area contributed by atoms with Gasteiger partial charge in [-0.05, 0) is 40.8 Å². The molecule has 0 saturated carbocycles. The quantitative estimate of drug-likeness (QED) is 0.0566. The van der Waals surface area contributed by atoms with Crippen molar-refractivity contribution >= 4 is 17.1 Å². The van der Waals surface area contributed by atoms with E-state index < -0.39 is 34.8 Å². The predicted molar refractivity (Wildman–Crippen MR) is 231 cm³/mol. The number of aliphatic hydroxyl groups excluding tert-OH is 1.